The predicted octanol–water partition coefficient (Wildman–Crippen LogP) is 2.31. The smallest absolute Gasteiger partial charge is 0.228 e. The molecule has 3 fully saturated rings. The Kier molecular flexibility index (Phi) is 4.67. The molecule has 0 bridgehead atoms. The van der Waals surface area contributed by atoms with E-state index in [4.69, 9.17) is 0 Å². The predicted molar refractivity (Wildman–Crippen MR) is 94.6 cm³/mol. The molecule has 2 heterocycles. The van der Waals surface area contributed by atoms with Crippen molar-refractivity contribution < 1.29 is 14.0 Å². The zero-order valence-corrected chi connectivity index (χ0v) is 15.0. The lowest BCUT2D eigenvalue weighted by Crippen LogP contribution is -2.41. The minimum absolute atomic E-state index is 0.0643. The largest absolute Gasteiger partial charge is 0.356 e. The van der Waals surface area contributed by atoms with Crippen LogP contribution in [0.3, 0.4) is 0 Å². The van der Waals surface area contributed by atoms with Gasteiger partial charge in [-0.3, -0.25) is 14.6 Å². The van der Waals surface area contributed by atoms with Crippen molar-refractivity contribution in [2.24, 2.45) is 17.3 Å². The topological polar surface area (TPSA) is 62.3 Å². The number of nitrogens with one attached hydrogen (secondary N) is 1. The highest BCUT2D eigenvalue weighted by Gasteiger charge is 2.54. The quantitative estimate of drug-likeness (QED) is 0.878. The first-order chi connectivity index (χ1) is 12.6. The molecule has 1 N–H and O–H groups in total. The Morgan fingerprint density at radius 3 is 2.65 bits per heavy atom. The van der Waals surface area contributed by atoms with Crippen molar-refractivity contribution >= 4 is 11.8 Å². The first-order valence-corrected chi connectivity index (χ1v) is 9.72. The van der Waals surface area contributed by atoms with Gasteiger partial charge in [-0.1, -0.05) is 6.42 Å². The van der Waals surface area contributed by atoms with Crippen LogP contribution in [-0.4, -0.2) is 41.3 Å². The van der Waals surface area contributed by atoms with Gasteiger partial charge in [-0.25, -0.2) is 4.39 Å². The third kappa shape index (κ3) is 3.60. The Bertz CT molecular complexity index is 679. The average Bonchev–Trinajstić information content (AvgIpc) is 3.26. The maximum Gasteiger partial charge on any atom is 0.228 e. The van der Waals surface area contributed by atoms with Crippen molar-refractivity contribution in [3.8, 4) is 0 Å². The van der Waals surface area contributed by atoms with E-state index in [0.29, 0.717) is 17.0 Å². The fraction of sp³-hybridized carbons (Fsp3) is 0.650. The molecule has 0 radical (unpaired) electrons. The van der Waals surface area contributed by atoms with E-state index in [1.807, 2.05) is 4.90 Å². The molecule has 2 aliphatic carbocycles. The fourth-order valence-corrected chi connectivity index (χ4v) is 4.35. The summed E-state index contributed by atoms with van der Waals surface area (Å²) >= 11 is 0. The van der Waals surface area contributed by atoms with Crippen LogP contribution in [0.2, 0.25) is 0 Å². The van der Waals surface area contributed by atoms with E-state index in [9.17, 15) is 14.0 Å². The molecule has 5 nitrogen and oxygen atoms in total. The molecule has 1 spiro atoms. The second-order valence-electron chi connectivity index (χ2n) is 8.16. The number of nitrogens with zero attached hydrogens (tertiary/aromatic N) is 2. The van der Waals surface area contributed by atoms with Crippen molar-refractivity contribution in [3.63, 3.8) is 0 Å². The molecule has 1 aromatic rings. The Hall–Kier alpha value is -1.98. The van der Waals surface area contributed by atoms with Gasteiger partial charge in [0.2, 0.25) is 11.8 Å². The summed E-state index contributed by atoms with van der Waals surface area (Å²) in [6, 6.07) is 2.91. The van der Waals surface area contributed by atoms with Crippen LogP contribution in [0.4, 0.5) is 4.39 Å². The van der Waals surface area contributed by atoms with Gasteiger partial charge in [0.05, 0.1) is 12.6 Å². The third-order valence-electron chi connectivity index (χ3n) is 6.59. The highest BCUT2D eigenvalue weighted by molar-refractivity contribution is 5.79. The maximum atomic E-state index is 12.9. The number of aromatic nitrogens is 1. The lowest BCUT2D eigenvalue weighted by atomic mass is 9.84. The monoisotopic (exact) mass is 359 g/mol. The maximum absolute atomic E-state index is 12.9. The molecule has 2 amide bonds. The third-order valence-corrected chi connectivity index (χ3v) is 6.59. The van der Waals surface area contributed by atoms with Gasteiger partial charge >= 0.3 is 0 Å². The van der Waals surface area contributed by atoms with Crippen LogP contribution in [0.25, 0.3) is 0 Å². The molecule has 0 aromatic carbocycles. The van der Waals surface area contributed by atoms with E-state index in [-0.39, 0.29) is 30.0 Å². The van der Waals surface area contributed by atoms with E-state index in [1.165, 1.54) is 18.9 Å². The van der Waals surface area contributed by atoms with Crippen LogP contribution >= 0.6 is 0 Å². The van der Waals surface area contributed by atoms with E-state index >= 15 is 0 Å². The highest BCUT2D eigenvalue weighted by atomic mass is 19.1. The lowest BCUT2D eigenvalue weighted by Gasteiger charge is -2.33. The van der Waals surface area contributed by atoms with Gasteiger partial charge in [0.25, 0.3) is 0 Å². The Labute approximate surface area is 153 Å². The molecule has 1 atom stereocenters. The van der Waals surface area contributed by atoms with Crippen molar-refractivity contribution in [2.45, 2.75) is 44.9 Å². The minimum Gasteiger partial charge on any atom is -0.356 e. The van der Waals surface area contributed by atoms with Crippen molar-refractivity contribution in [3.05, 3.63) is 29.8 Å². The van der Waals surface area contributed by atoms with Crippen LogP contribution in [0.1, 0.15) is 44.2 Å². The fourth-order valence-electron chi connectivity index (χ4n) is 4.35. The number of likely N-dealkylation sites (tertiary alicyclic amines) is 1. The summed E-state index contributed by atoms with van der Waals surface area (Å²) in [5.74, 6) is 0.740. The number of carbonyl (C=O) groups excluding carboxylic acids is 2. The molecule has 1 unspecified atom stereocenters. The van der Waals surface area contributed by atoms with Crippen LogP contribution in [-0.2, 0) is 16.0 Å². The molecule has 1 aromatic heterocycles. The normalized spacial score (nSPS) is 24.2. The summed E-state index contributed by atoms with van der Waals surface area (Å²) in [5.41, 5.74) is 0.942. The lowest BCUT2D eigenvalue weighted by molar-refractivity contribution is -0.132. The van der Waals surface area contributed by atoms with E-state index in [1.54, 1.807) is 6.07 Å². The van der Waals surface area contributed by atoms with E-state index < -0.39 is 0 Å². The van der Waals surface area contributed by atoms with Crippen LogP contribution in [0.5, 0.6) is 0 Å². The van der Waals surface area contributed by atoms with E-state index in [0.717, 1.165) is 51.5 Å². The van der Waals surface area contributed by atoms with Gasteiger partial charge in [-0.05, 0) is 55.6 Å². The van der Waals surface area contributed by atoms with Gasteiger partial charge in [0.15, 0.2) is 0 Å². The number of hydrogen-bond donors (Lipinski definition) is 1. The zero-order chi connectivity index (χ0) is 18.1. The number of rotatable bonds is 5. The summed E-state index contributed by atoms with van der Waals surface area (Å²) in [4.78, 5) is 30.3. The molecule has 6 heteroatoms. The molecule has 4 rings (SSSR count). The van der Waals surface area contributed by atoms with Crippen LogP contribution in [0, 0.1) is 23.1 Å². The van der Waals surface area contributed by atoms with Crippen molar-refractivity contribution in [2.75, 3.05) is 19.6 Å². The molecule has 140 valence electrons. The van der Waals surface area contributed by atoms with Gasteiger partial charge in [0.1, 0.15) is 5.82 Å². The standard InChI is InChI=1S/C20H26FN3O2/c21-16-4-5-17(22-13-16)10-18(25)24-8-6-20(7-9-24)11-15(20)12-23-19(26)14-2-1-3-14/h4-5,13-15H,1-3,6-12H2,(H,23,26). The summed E-state index contributed by atoms with van der Waals surface area (Å²) in [6.45, 7) is 2.34. The Balaban J connectivity index is 1.21. The van der Waals surface area contributed by atoms with Crippen LogP contribution in [0.15, 0.2) is 18.3 Å². The van der Waals surface area contributed by atoms with Crippen molar-refractivity contribution in [1.29, 1.82) is 0 Å². The number of amides is 2. The molecular weight excluding hydrogens is 333 g/mol. The summed E-state index contributed by atoms with van der Waals surface area (Å²) in [6.07, 6.45) is 7.85. The van der Waals surface area contributed by atoms with Gasteiger partial charge in [-0.2, -0.15) is 0 Å². The summed E-state index contributed by atoms with van der Waals surface area (Å²) in [5, 5.41) is 3.13. The molecule has 26 heavy (non-hydrogen) atoms. The molecule has 2 saturated carbocycles. The number of piperidine rings is 1. The number of pyridine rings is 1. The number of hydrogen-bond acceptors (Lipinski definition) is 3. The highest BCUT2D eigenvalue weighted by Crippen LogP contribution is 2.59. The first kappa shape index (κ1) is 17.4. The Morgan fingerprint density at radius 1 is 1.27 bits per heavy atom. The summed E-state index contributed by atoms with van der Waals surface area (Å²) < 4.78 is 12.9. The molecule has 1 aliphatic heterocycles. The van der Waals surface area contributed by atoms with E-state index in [2.05, 4.69) is 10.3 Å². The molecule has 1 saturated heterocycles. The second-order valence-corrected chi connectivity index (χ2v) is 8.16. The van der Waals surface area contributed by atoms with Crippen LogP contribution < -0.4 is 5.32 Å². The van der Waals surface area contributed by atoms with Gasteiger partial charge in [0, 0.05) is 31.2 Å². The minimum atomic E-state index is -0.384. The molecule has 3 aliphatic rings. The first-order valence-electron chi connectivity index (χ1n) is 9.72. The Morgan fingerprint density at radius 2 is 2.04 bits per heavy atom. The molecular formula is C20H26FN3O2. The van der Waals surface area contributed by atoms with Crippen molar-refractivity contribution in [1.82, 2.24) is 15.2 Å². The van der Waals surface area contributed by atoms with Gasteiger partial charge in [-0.15, -0.1) is 0 Å². The SMILES string of the molecule is O=C(NCC1CC12CCN(C(=O)Cc1ccc(F)cn1)CC2)C1CCC1. The summed E-state index contributed by atoms with van der Waals surface area (Å²) in [7, 11) is 0. The second kappa shape index (κ2) is 6.97. The number of carbonyl (C=O) groups is 2. The zero-order valence-electron chi connectivity index (χ0n) is 15.0. The average molecular weight is 359 g/mol. The van der Waals surface area contributed by atoms with Gasteiger partial charge < -0.3 is 10.2 Å². The number of halogens is 1.